The molecule has 1 nitrogen and oxygen atoms in total. The highest BCUT2D eigenvalue weighted by molar-refractivity contribution is 7.86. The van der Waals surface area contributed by atoms with Crippen molar-refractivity contribution in [1.82, 2.24) is 0 Å². The Hall–Kier alpha value is 0.150. The van der Waals surface area contributed by atoms with Crippen LogP contribution in [0.2, 0.25) is 0 Å². The summed E-state index contributed by atoms with van der Waals surface area (Å²) in [6.45, 7) is 6.66. The van der Waals surface area contributed by atoms with Gasteiger partial charge < -0.3 is 0 Å². The number of hydrogen-bond acceptors (Lipinski definition) is 1. The Kier molecular flexibility index (Phi) is 6.13. The fourth-order valence-electron chi connectivity index (χ4n) is 4.65. The Balaban J connectivity index is 1.79. The summed E-state index contributed by atoms with van der Waals surface area (Å²) < 4.78 is 12.3. The zero-order valence-electron chi connectivity index (χ0n) is 13.8. The second-order valence-corrected chi connectivity index (χ2v) is 9.75. The van der Waals surface area contributed by atoms with Crippen LogP contribution in [-0.2, 0) is 10.8 Å². The lowest BCUT2D eigenvalue weighted by Gasteiger charge is -2.41. The summed E-state index contributed by atoms with van der Waals surface area (Å²) in [5.41, 5.74) is 0. The Morgan fingerprint density at radius 2 is 1.50 bits per heavy atom. The fourth-order valence-corrected chi connectivity index (χ4v) is 6.04. The third-order valence-corrected chi connectivity index (χ3v) is 8.19. The zero-order chi connectivity index (χ0) is 14.6. The largest absolute Gasteiger partial charge is 0.259 e. The molecule has 0 N–H and O–H groups in total. The van der Waals surface area contributed by atoms with E-state index in [1.54, 1.807) is 0 Å². The van der Waals surface area contributed by atoms with Crippen LogP contribution >= 0.6 is 0 Å². The highest BCUT2D eigenvalue weighted by Gasteiger charge is 2.38. The maximum absolute atomic E-state index is 12.2. The van der Waals surface area contributed by atoms with Crippen LogP contribution < -0.4 is 0 Å². The van der Waals surface area contributed by atoms with Crippen molar-refractivity contribution in [3.63, 3.8) is 0 Å². The molecular weight excluding hydrogens is 264 g/mol. The SMILES string of the molecule is CCCC1CCC(C2CCC(C)(S(=O)CC)CC2)CC1. The van der Waals surface area contributed by atoms with E-state index in [1.807, 2.05) is 0 Å². The van der Waals surface area contributed by atoms with E-state index in [-0.39, 0.29) is 4.75 Å². The first-order valence-electron chi connectivity index (χ1n) is 8.97. The molecule has 2 aliphatic carbocycles. The molecule has 2 saturated carbocycles. The van der Waals surface area contributed by atoms with Crippen molar-refractivity contribution in [3.8, 4) is 0 Å². The third kappa shape index (κ3) is 3.87. The molecule has 2 fully saturated rings. The average Bonchev–Trinajstić information content (AvgIpc) is 2.48. The highest BCUT2D eigenvalue weighted by atomic mass is 32.2. The molecule has 0 aliphatic heterocycles. The third-order valence-electron chi connectivity index (χ3n) is 6.15. The van der Waals surface area contributed by atoms with Crippen LogP contribution in [0.5, 0.6) is 0 Å². The van der Waals surface area contributed by atoms with Gasteiger partial charge in [0.05, 0.1) is 0 Å². The minimum atomic E-state index is -0.607. The topological polar surface area (TPSA) is 17.1 Å². The summed E-state index contributed by atoms with van der Waals surface area (Å²) in [7, 11) is -0.607. The monoisotopic (exact) mass is 298 g/mol. The maximum atomic E-state index is 12.2. The lowest BCUT2D eigenvalue weighted by molar-refractivity contribution is 0.153. The van der Waals surface area contributed by atoms with Crippen LogP contribution in [0.3, 0.4) is 0 Å². The molecule has 2 heteroatoms. The van der Waals surface area contributed by atoms with Crippen molar-refractivity contribution in [1.29, 1.82) is 0 Å². The standard InChI is InChI=1S/C18H34OS/c1-4-6-15-7-9-16(10-8-15)17-11-13-18(3,14-12-17)20(19)5-2/h15-17H,4-14H2,1-3H3. The molecule has 0 spiro atoms. The van der Waals surface area contributed by atoms with Gasteiger partial charge in [0.15, 0.2) is 0 Å². The van der Waals surface area contributed by atoms with E-state index in [0.717, 1.165) is 23.5 Å². The van der Waals surface area contributed by atoms with Gasteiger partial charge in [0.1, 0.15) is 0 Å². The predicted molar refractivity (Wildman–Crippen MR) is 89.4 cm³/mol. The molecular formula is C18H34OS. The van der Waals surface area contributed by atoms with Gasteiger partial charge in [0, 0.05) is 21.3 Å². The Morgan fingerprint density at radius 3 is 2.00 bits per heavy atom. The van der Waals surface area contributed by atoms with Gasteiger partial charge in [-0.2, -0.15) is 0 Å². The molecule has 2 rings (SSSR count). The van der Waals surface area contributed by atoms with Gasteiger partial charge in [-0.1, -0.05) is 39.5 Å². The minimum absolute atomic E-state index is 0.130. The van der Waals surface area contributed by atoms with E-state index < -0.39 is 10.8 Å². The second-order valence-electron chi connectivity index (χ2n) is 7.49. The molecule has 0 aromatic carbocycles. The summed E-state index contributed by atoms with van der Waals surface area (Å²) in [5.74, 6) is 3.79. The molecule has 2 aliphatic rings. The fraction of sp³-hybridized carbons (Fsp3) is 1.00. The summed E-state index contributed by atoms with van der Waals surface area (Å²) >= 11 is 0. The molecule has 1 unspecified atom stereocenters. The van der Waals surface area contributed by atoms with Crippen molar-refractivity contribution >= 4 is 10.8 Å². The van der Waals surface area contributed by atoms with Gasteiger partial charge in [-0.25, -0.2) is 0 Å². The van der Waals surface area contributed by atoms with Crippen molar-refractivity contribution in [2.45, 2.75) is 89.7 Å². The molecule has 0 radical (unpaired) electrons. The van der Waals surface area contributed by atoms with Crippen LogP contribution in [0.4, 0.5) is 0 Å². The first-order valence-corrected chi connectivity index (χ1v) is 10.3. The van der Waals surface area contributed by atoms with Crippen LogP contribution in [-0.4, -0.2) is 14.7 Å². The molecule has 118 valence electrons. The van der Waals surface area contributed by atoms with E-state index in [1.165, 1.54) is 64.2 Å². The summed E-state index contributed by atoms with van der Waals surface area (Å²) in [6.07, 6.45) is 13.8. The van der Waals surface area contributed by atoms with Crippen LogP contribution in [0.1, 0.15) is 85.0 Å². The van der Waals surface area contributed by atoms with E-state index in [9.17, 15) is 4.21 Å². The number of hydrogen-bond donors (Lipinski definition) is 0. The van der Waals surface area contributed by atoms with Crippen LogP contribution in [0.15, 0.2) is 0 Å². The van der Waals surface area contributed by atoms with Gasteiger partial charge in [-0.05, 0) is 63.2 Å². The molecule has 20 heavy (non-hydrogen) atoms. The van der Waals surface area contributed by atoms with Gasteiger partial charge in [-0.15, -0.1) is 0 Å². The first-order chi connectivity index (χ1) is 9.59. The smallest absolute Gasteiger partial charge is 0.0431 e. The quantitative estimate of drug-likeness (QED) is 0.672. The van der Waals surface area contributed by atoms with Crippen molar-refractivity contribution in [2.24, 2.45) is 17.8 Å². The van der Waals surface area contributed by atoms with E-state index in [2.05, 4.69) is 20.8 Å². The van der Waals surface area contributed by atoms with Crippen LogP contribution in [0.25, 0.3) is 0 Å². The maximum Gasteiger partial charge on any atom is 0.0431 e. The molecule has 0 heterocycles. The summed E-state index contributed by atoms with van der Waals surface area (Å²) in [5, 5.41) is 0. The van der Waals surface area contributed by atoms with E-state index in [0.29, 0.717) is 0 Å². The van der Waals surface area contributed by atoms with Gasteiger partial charge >= 0.3 is 0 Å². The normalized spacial score (nSPS) is 40.5. The molecule has 0 amide bonds. The first kappa shape index (κ1) is 16.5. The van der Waals surface area contributed by atoms with E-state index >= 15 is 0 Å². The zero-order valence-corrected chi connectivity index (χ0v) is 14.6. The van der Waals surface area contributed by atoms with Crippen molar-refractivity contribution < 1.29 is 4.21 Å². The Labute approximate surface area is 128 Å². The molecule has 0 aromatic rings. The summed E-state index contributed by atoms with van der Waals surface area (Å²) in [6, 6.07) is 0. The molecule has 0 aromatic heterocycles. The highest BCUT2D eigenvalue weighted by Crippen LogP contribution is 2.44. The summed E-state index contributed by atoms with van der Waals surface area (Å²) in [4.78, 5) is 0. The van der Waals surface area contributed by atoms with Crippen molar-refractivity contribution in [2.75, 3.05) is 5.75 Å². The van der Waals surface area contributed by atoms with Gasteiger partial charge in [-0.3, -0.25) is 4.21 Å². The van der Waals surface area contributed by atoms with Crippen molar-refractivity contribution in [3.05, 3.63) is 0 Å². The molecule has 1 atom stereocenters. The second kappa shape index (κ2) is 7.42. The van der Waals surface area contributed by atoms with Crippen LogP contribution in [0, 0.1) is 17.8 Å². The predicted octanol–water partition coefficient (Wildman–Crippen LogP) is 5.31. The minimum Gasteiger partial charge on any atom is -0.259 e. The Morgan fingerprint density at radius 1 is 0.950 bits per heavy atom. The number of rotatable bonds is 5. The van der Waals surface area contributed by atoms with Gasteiger partial charge in [0.2, 0.25) is 0 Å². The molecule has 0 saturated heterocycles. The Bertz CT molecular complexity index is 309. The van der Waals surface area contributed by atoms with Gasteiger partial charge in [0.25, 0.3) is 0 Å². The lowest BCUT2D eigenvalue weighted by atomic mass is 9.69. The van der Waals surface area contributed by atoms with E-state index in [4.69, 9.17) is 0 Å². The average molecular weight is 299 g/mol. The molecule has 0 bridgehead atoms. The lowest BCUT2D eigenvalue weighted by Crippen LogP contribution is -2.38.